The van der Waals surface area contributed by atoms with Crippen molar-refractivity contribution < 1.29 is 19.2 Å². The molecule has 0 radical (unpaired) electrons. The third-order valence-corrected chi connectivity index (χ3v) is 3.80. The third kappa shape index (κ3) is 5.07. The second kappa shape index (κ2) is 9.18. The smallest absolute Gasteiger partial charge is 0.271 e. The molecule has 0 saturated carbocycles. The molecule has 3 aromatic rings. The Kier molecular flexibility index (Phi) is 6.20. The van der Waals surface area contributed by atoms with Crippen LogP contribution in [-0.4, -0.2) is 24.0 Å². The van der Waals surface area contributed by atoms with Crippen molar-refractivity contribution in [2.24, 2.45) is 0 Å². The molecule has 28 heavy (non-hydrogen) atoms. The Bertz CT molecular complexity index is 960. The Labute approximate surface area is 161 Å². The first-order valence-electron chi connectivity index (χ1n) is 8.59. The lowest BCUT2D eigenvalue weighted by Crippen LogP contribution is -2.15. The normalized spacial score (nSPS) is 10.1. The maximum Gasteiger partial charge on any atom is 0.271 e. The number of ether oxygens (including phenoxy) is 2. The number of hydrogen-bond acceptors (Lipinski definition) is 5. The molecule has 1 amide bonds. The number of non-ortho nitro benzene ring substituents is 1. The average molecular weight is 378 g/mol. The number of carbonyl (C=O) groups is 1. The Morgan fingerprint density at radius 2 is 1.61 bits per heavy atom. The van der Waals surface area contributed by atoms with E-state index in [4.69, 9.17) is 9.47 Å². The summed E-state index contributed by atoms with van der Waals surface area (Å²) in [5.74, 6) is 0.727. The molecule has 0 spiro atoms. The van der Waals surface area contributed by atoms with Crippen molar-refractivity contribution in [1.82, 2.24) is 0 Å². The predicted molar refractivity (Wildman–Crippen MR) is 105 cm³/mol. The van der Waals surface area contributed by atoms with Crippen LogP contribution in [0.2, 0.25) is 0 Å². The number of para-hydroxylation sites is 2. The van der Waals surface area contributed by atoms with E-state index in [1.807, 2.05) is 30.3 Å². The molecule has 0 heterocycles. The highest BCUT2D eigenvalue weighted by atomic mass is 16.6. The van der Waals surface area contributed by atoms with Crippen molar-refractivity contribution in [2.75, 3.05) is 18.5 Å². The lowest BCUT2D eigenvalue weighted by Gasteiger charge is -2.12. The Morgan fingerprint density at radius 1 is 0.893 bits per heavy atom. The molecule has 3 rings (SSSR count). The molecule has 0 saturated heterocycles. The van der Waals surface area contributed by atoms with Crippen molar-refractivity contribution in [2.45, 2.75) is 0 Å². The minimum atomic E-state index is -0.514. The van der Waals surface area contributed by atoms with Crippen LogP contribution in [0.5, 0.6) is 11.5 Å². The molecule has 0 bridgehead atoms. The van der Waals surface area contributed by atoms with Crippen LogP contribution in [0.3, 0.4) is 0 Å². The number of hydrogen-bond donors (Lipinski definition) is 1. The van der Waals surface area contributed by atoms with Gasteiger partial charge >= 0.3 is 0 Å². The number of nitrogens with zero attached hydrogens (tertiary/aromatic N) is 1. The lowest BCUT2D eigenvalue weighted by molar-refractivity contribution is -0.384. The van der Waals surface area contributed by atoms with Gasteiger partial charge in [-0.25, -0.2) is 0 Å². The van der Waals surface area contributed by atoms with Gasteiger partial charge in [0.15, 0.2) is 0 Å². The molecule has 0 aliphatic heterocycles. The summed E-state index contributed by atoms with van der Waals surface area (Å²) in [7, 11) is 0. The van der Waals surface area contributed by atoms with Crippen molar-refractivity contribution in [3.63, 3.8) is 0 Å². The molecular formula is C21H18N2O5. The zero-order valence-corrected chi connectivity index (χ0v) is 14.9. The van der Waals surface area contributed by atoms with Crippen LogP contribution in [-0.2, 0) is 0 Å². The van der Waals surface area contributed by atoms with E-state index in [-0.39, 0.29) is 12.3 Å². The molecule has 142 valence electrons. The number of benzene rings is 3. The number of nitro groups is 1. The summed E-state index contributed by atoms with van der Waals surface area (Å²) in [4.78, 5) is 22.9. The third-order valence-electron chi connectivity index (χ3n) is 3.80. The van der Waals surface area contributed by atoms with E-state index >= 15 is 0 Å². The number of nitrogens with one attached hydrogen (secondary N) is 1. The van der Waals surface area contributed by atoms with Gasteiger partial charge in [-0.1, -0.05) is 36.4 Å². The fourth-order valence-electron chi connectivity index (χ4n) is 2.50. The highest BCUT2D eigenvalue weighted by molar-refractivity contribution is 6.06. The van der Waals surface area contributed by atoms with Gasteiger partial charge < -0.3 is 14.8 Å². The molecular weight excluding hydrogens is 360 g/mol. The summed E-state index contributed by atoms with van der Waals surface area (Å²) in [6.45, 7) is 0.584. The van der Waals surface area contributed by atoms with Gasteiger partial charge in [0.25, 0.3) is 11.6 Å². The predicted octanol–water partition coefficient (Wildman–Crippen LogP) is 4.30. The molecule has 0 aromatic heterocycles. The average Bonchev–Trinajstić information content (AvgIpc) is 2.72. The van der Waals surface area contributed by atoms with E-state index in [2.05, 4.69) is 5.32 Å². The standard InChI is InChI=1S/C21H18N2O5/c24-21(22-16-7-6-8-17(15-16)23(25)26)19-11-4-5-12-20(19)28-14-13-27-18-9-2-1-3-10-18/h1-12,15H,13-14H2,(H,22,24). The van der Waals surface area contributed by atoms with E-state index in [0.717, 1.165) is 5.75 Å². The van der Waals surface area contributed by atoms with Crippen LogP contribution in [0.15, 0.2) is 78.9 Å². The first kappa shape index (κ1) is 18.9. The zero-order valence-electron chi connectivity index (χ0n) is 14.9. The monoisotopic (exact) mass is 378 g/mol. The van der Waals surface area contributed by atoms with Gasteiger partial charge in [0.05, 0.1) is 10.5 Å². The van der Waals surface area contributed by atoms with E-state index in [0.29, 0.717) is 23.6 Å². The van der Waals surface area contributed by atoms with Gasteiger partial charge in [-0.2, -0.15) is 0 Å². The van der Waals surface area contributed by atoms with Gasteiger partial charge in [-0.05, 0) is 30.3 Å². The minimum absolute atomic E-state index is 0.0969. The molecule has 0 aliphatic carbocycles. The molecule has 7 nitrogen and oxygen atoms in total. The molecule has 0 aliphatic rings. The van der Waals surface area contributed by atoms with Gasteiger partial charge in [-0.3, -0.25) is 14.9 Å². The topological polar surface area (TPSA) is 90.7 Å². The van der Waals surface area contributed by atoms with Crippen molar-refractivity contribution in [3.05, 3.63) is 94.5 Å². The molecule has 0 fully saturated rings. The highest BCUT2D eigenvalue weighted by Gasteiger charge is 2.14. The fourth-order valence-corrected chi connectivity index (χ4v) is 2.50. The second-order valence-corrected chi connectivity index (χ2v) is 5.77. The Balaban J connectivity index is 1.62. The molecule has 0 atom stereocenters. The quantitative estimate of drug-likeness (QED) is 0.358. The minimum Gasteiger partial charge on any atom is -0.490 e. The van der Waals surface area contributed by atoms with Gasteiger partial charge in [-0.15, -0.1) is 0 Å². The number of anilines is 1. The molecule has 0 unspecified atom stereocenters. The van der Waals surface area contributed by atoms with E-state index in [1.54, 1.807) is 30.3 Å². The van der Waals surface area contributed by atoms with E-state index < -0.39 is 10.8 Å². The summed E-state index contributed by atoms with van der Waals surface area (Å²) >= 11 is 0. The van der Waals surface area contributed by atoms with E-state index in [1.165, 1.54) is 18.2 Å². The summed E-state index contributed by atoms with van der Waals surface area (Å²) in [6, 6.07) is 21.9. The summed E-state index contributed by atoms with van der Waals surface area (Å²) < 4.78 is 11.3. The van der Waals surface area contributed by atoms with Gasteiger partial charge in [0.1, 0.15) is 24.7 Å². The summed E-state index contributed by atoms with van der Waals surface area (Å²) in [5, 5.41) is 13.5. The summed E-state index contributed by atoms with van der Waals surface area (Å²) in [5.41, 5.74) is 0.565. The van der Waals surface area contributed by atoms with Gasteiger partial charge in [0, 0.05) is 17.8 Å². The maximum atomic E-state index is 12.6. The van der Waals surface area contributed by atoms with Crippen molar-refractivity contribution >= 4 is 17.3 Å². The summed E-state index contributed by atoms with van der Waals surface area (Å²) in [6.07, 6.45) is 0. The zero-order chi connectivity index (χ0) is 19.8. The van der Waals surface area contributed by atoms with Crippen LogP contribution >= 0.6 is 0 Å². The van der Waals surface area contributed by atoms with Crippen LogP contribution < -0.4 is 14.8 Å². The molecule has 1 N–H and O–H groups in total. The number of amides is 1. The lowest BCUT2D eigenvalue weighted by atomic mass is 10.2. The van der Waals surface area contributed by atoms with Crippen LogP contribution in [0.1, 0.15) is 10.4 Å². The van der Waals surface area contributed by atoms with Crippen molar-refractivity contribution in [1.29, 1.82) is 0 Å². The Morgan fingerprint density at radius 3 is 2.39 bits per heavy atom. The number of rotatable bonds is 8. The first-order chi connectivity index (χ1) is 13.6. The van der Waals surface area contributed by atoms with Crippen molar-refractivity contribution in [3.8, 4) is 11.5 Å². The fraction of sp³-hybridized carbons (Fsp3) is 0.0952. The molecule has 3 aromatic carbocycles. The number of carbonyl (C=O) groups excluding carboxylic acids is 1. The largest absolute Gasteiger partial charge is 0.490 e. The highest BCUT2D eigenvalue weighted by Crippen LogP contribution is 2.22. The number of nitro benzene ring substituents is 1. The van der Waals surface area contributed by atoms with E-state index in [9.17, 15) is 14.9 Å². The maximum absolute atomic E-state index is 12.6. The van der Waals surface area contributed by atoms with Crippen LogP contribution in [0.4, 0.5) is 11.4 Å². The SMILES string of the molecule is O=C(Nc1cccc([N+](=O)[O-])c1)c1ccccc1OCCOc1ccccc1. The second-order valence-electron chi connectivity index (χ2n) is 5.77. The molecule has 7 heteroatoms. The van der Waals surface area contributed by atoms with Gasteiger partial charge in [0.2, 0.25) is 0 Å². The Hall–Kier alpha value is -3.87. The van der Waals surface area contributed by atoms with Crippen LogP contribution in [0.25, 0.3) is 0 Å². The first-order valence-corrected chi connectivity index (χ1v) is 8.59. The van der Waals surface area contributed by atoms with Crippen LogP contribution in [0, 0.1) is 10.1 Å².